The summed E-state index contributed by atoms with van der Waals surface area (Å²) in [4.78, 5) is 38.2. The van der Waals surface area contributed by atoms with E-state index in [1.54, 1.807) is 13.2 Å². The standard InChI is InChI=1S/C24H33ClN4O5/c1-17(15-34-2)14-28-21(30)13-27-29(23(28)32)18-8-9-20(25)19(12-18)22(31)26-16-24(33)10-6-4-3-5-7-11-24/h8-9,12-13,17,33H,3-7,10-11,14-16H2,1-2H3,(H,26,31). The smallest absolute Gasteiger partial charge is 0.352 e. The van der Waals surface area contributed by atoms with Crippen LogP contribution in [-0.4, -0.2) is 51.2 Å². The lowest BCUT2D eigenvalue weighted by atomic mass is 9.87. The van der Waals surface area contributed by atoms with E-state index in [9.17, 15) is 19.5 Å². The molecule has 1 unspecified atom stereocenters. The number of amides is 1. The number of carbonyl (C=O) groups excluding carboxylic acids is 1. The van der Waals surface area contributed by atoms with E-state index in [-0.39, 0.29) is 29.6 Å². The number of carbonyl (C=O) groups is 1. The van der Waals surface area contributed by atoms with Crippen molar-refractivity contribution in [2.45, 2.75) is 64.0 Å². The summed E-state index contributed by atoms with van der Waals surface area (Å²) in [5.41, 5.74) is -1.60. The number of nitrogens with zero attached hydrogens (tertiary/aromatic N) is 3. The summed E-state index contributed by atoms with van der Waals surface area (Å²) in [6, 6.07) is 4.53. The predicted molar refractivity (Wildman–Crippen MR) is 130 cm³/mol. The van der Waals surface area contributed by atoms with Crippen LogP contribution in [0.2, 0.25) is 5.02 Å². The largest absolute Gasteiger partial charge is 0.388 e. The Morgan fingerprint density at radius 2 is 1.91 bits per heavy atom. The van der Waals surface area contributed by atoms with Gasteiger partial charge in [0.1, 0.15) is 6.20 Å². The number of hydrogen-bond acceptors (Lipinski definition) is 6. The van der Waals surface area contributed by atoms with Gasteiger partial charge in [0, 0.05) is 20.2 Å². The average Bonchev–Trinajstić information content (AvgIpc) is 2.79. The van der Waals surface area contributed by atoms with E-state index < -0.39 is 22.8 Å². The van der Waals surface area contributed by atoms with Gasteiger partial charge in [-0.1, -0.05) is 50.6 Å². The fourth-order valence-corrected chi connectivity index (χ4v) is 4.53. The van der Waals surface area contributed by atoms with Crippen LogP contribution in [0.25, 0.3) is 5.69 Å². The van der Waals surface area contributed by atoms with Crippen molar-refractivity contribution in [2.75, 3.05) is 20.3 Å². The van der Waals surface area contributed by atoms with Crippen molar-refractivity contribution in [1.82, 2.24) is 19.7 Å². The molecule has 0 aliphatic heterocycles. The zero-order chi connectivity index (χ0) is 24.7. The topological polar surface area (TPSA) is 115 Å². The zero-order valence-electron chi connectivity index (χ0n) is 19.8. The fourth-order valence-electron chi connectivity index (χ4n) is 4.33. The summed E-state index contributed by atoms with van der Waals surface area (Å²) >= 11 is 6.28. The molecule has 2 aromatic rings. The minimum atomic E-state index is -0.937. The molecule has 1 heterocycles. The summed E-state index contributed by atoms with van der Waals surface area (Å²) in [6.45, 7) is 2.57. The van der Waals surface area contributed by atoms with Crippen molar-refractivity contribution in [2.24, 2.45) is 5.92 Å². The average molecular weight is 493 g/mol. The lowest BCUT2D eigenvalue weighted by Crippen LogP contribution is -2.43. The molecule has 0 saturated heterocycles. The molecule has 10 heteroatoms. The number of nitrogens with one attached hydrogen (secondary N) is 1. The van der Waals surface area contributed by atoms with Crippen LogP contribution in [0.4, 0.5) is 0 Å². The van der Waals surface area contributed by atoms with Crippen molar-refractivity contribution in [3.63, 3.8) is 0 Å². The molecule has 0 spiro atoms. The second-order valence-electron chi connectivity index (χ2n) is 9.19. The number of methoxy groups -OCH3 is 1. The maximum atomic E-state index is 13.0. The van der Waals surface area contributed by atoms with Gasteiger partial charge in [0.2, 0.25) is 0 Å². The van der Waals surface area contributed by atoms with Gasteiger partial charge in [-0.2, -0.15) is 9.78 Å². The molecule has 1 fully saturated rings. The van der Waals surface area contributed by atoms with Crippen LogP contribution >= 0.6 is 11.6 Å². The Labute approximate surface area is 203 Å². The molecule has 9 nitrogen and oxygen atoms in total. The van der Waals surface area contributed by atoms with Gasteiger partial charge in [0.25, 0.3) is 11.5 Å². The van der Waals surface area contributed by atoms with E-state index in [0.717, 1.165) is 41.1 Å². The van der Waals surface area contributed by atoms with Gasteiger partial charge >= 0.3 is 5.69 Å². The van der Waals surface area contributed by atoms with Gasteiger partial charge < -0.3 is 15.2 Å². The van der Waals surface area contributed by atoms with Gasteiger partial charge in [-0.25, -0.2) is 4.79 Å². The maximum absolute atomic E-state index is 13.0. The molecule has 1 aromatic heterocycles. The van der Waals surface area contributed by atoms with Crippen LogP contribution in [0, 0.1) is 5.92 Å². The highest BCUT2D eigenvalue weighted by atomic mass is 35.5. The first kappa shape index (κ1) is 26.1. The lowest BCUT2D eigenvalue weighted by Gasteiger charge is -2.30. The molecular weight excluding hydrogens is 460 g/mol. The van der Waals surface area contributed by atoms with Crippen molar-refractivity contribution >= 4 is 17.5 Å². The maximum Gasteiger partial charge on any atom is 0.352 e. The molecule has 1 aliphatic rings. The minimum absolute atomic E-state index is 0.0584. The molecule has 1 aromatic carbocycles. The summed E-state index contributed by atoms with van der Waals surface area (Å²) in [6.07, 6.45) is 7.55. The van der Waals surface area contributed by atoms with Crippen LogP contribution < -0.4 is 16.6 Å². The SMILES string of the molecule is COCC(C)Cn1c(=O)cnn(-c2ccc(Cl)c(C(=O)NCC3(O)CCCCCCC3)c2)c1=O. The van der Waals surface area contributed by atoms with Crippen LogP contribution in [0.15, 0.2) is 34.0 Å². The van der Waals surface area contributed by atoms with E-state index in [0.29, 0.717) is 25.1 Å². The number of benzene rings is 1. The first-order valence-electron chi connectivity index (χ1n) is 11.7. The number of hydrogen-bond donors (Lipinski definition) is 2. The number of ether oxygens (including phenoxy) is 1. The quantitative estimate of drug-likeness (QED) is 0.585. The van der Waals surface area contributed by atoms with Gasteiger partial charge in [-0.05, 0) is 37.0 Å². The van der Waals surface area contributed by atoms with Gasteiger partial charge in [0.05, 0.1) is 28.5 Å². The molecule has 0 radical (unpaired) electrons. The van der Waals surface area contributed by atoms with Gasteiger partial charge in [0.15, 0.2) is 0 Å². The minimum Gasteiger partial charge on any atom is -0.388 e. The monoisotopic (exact) mass is 492 g/mol. The lowest BCUT2D eigenvalue weighted by molar-refractivity contribution is 0.0146. The molecule has 1 amide bonds. The number of rotatable bonds is 8. The molecule has 1 saturated carbocycles. The summed E-state index contributed by atoms with van der Waals surface area (Å²) in [5, 5.41) is 17.9. The fraction of sp³-hybridized carbons (Fsp3) is 0.583. The van der Waals surface area contributed by atoms with Crippen molar-refractivity contribution in [1.29, 1.82) is 0 Å². The van der Waals surface area contributed by atoms with E-state index >= 15 is 0 Å². The number of aromatic nitrogens is 3. The molecule has 1 aliphatic carbocycles. The molecule has 0 bridgehead atoms. The third-order valence-electron chi connectivity index (χ3n) is 6.21. The molecule has 186 valence electrons. The van der Waals surface area contributed by atoms with Gasteiger partial charge in [-0.3, -0.25) is 14.2 Å². The molecule has 2 N–H and O–H groups in total. The normalized spacial score (nSPS) is 16.9. The molecule has 1 atom stereocenters. The first-order chi connectivity index (χ1) is 16.2. The summed E-state index contributed by atoms with van der Waals surface area (Å²) in [5.74, 6) is -0.505. The molecule has 34 heavy (non-hydrogen) atoms. The van der Waals surface area contributed by atoms with Crippen molar-refractivity contribution in [3.8, 4) is 5.69 Å². The third-order valence-corrected chi connectivity index (χ3v) is 6.54. The first-order valence-corrected chi connectivity index (χ1v) is 12.1. The van der Waals surface area contributed by atoms with E-state index in [2.05, 4.69) is 10.4 Å². The second-order valence-corrected chi connectivity index (χ2v) is 9.59. The van der Waals surface area contributed by atoms with Gasteiger partial charge in [-0.15, -0.1) is 0 Å². The van der Waals surface area contributed by atoms with E-state index in [1.165, 1.54) is 18.6 Å². The van der Waals surface area contributed by atoms with Crippen LogP contribution in [-0.2, 0) is 11.3 Å². The Hall–Kier alpha value is -2.49. The Morgan fingerprint density at radius 3 is 2.59 bits per heavy atom. The Kier molecular flexibility index (Phi) is 9.04. The second kappa shape index (κ2) is 11.8. The Morgan fingerprint density at radius 1 is 1.24 bits per heavy atom. The highest BCUT2D eigenvalue weighted by Gasteiger charge is 2.28. The molecular formula is C24H33ClN4O5. The highest BCUT2D eigenvalue weighted by molar-refractivity contribution is 6.33. The van der Waals surface area contributed by atoms with Crippen molar-refractivity contribution in [3.05, 3.63) is 55.8 Å². The van der Waals surface area contributed by atoms with Crippen molar-refractivity contribution < 1.29 is 14.6 Å². The number of halogens is 1. The van der Waals surface area contributed by atoms with Crippen LogP contribution in [0.3, 0.4) is 0 Å². The number of aliphatic hydroxyl groups is 1. The Balaban J connectivity index is 1.83. The Bertz CT molecular complexity index is 1110. The van der Waals surface area contributed by atoms with E-state index in [4.69, 9.17) is 16.3 Å². The third kappa shape index (κ3) is 6.55. The van der Waals surface area contributed by atoms with Crippen LogP contribution in [0.1, 0.15) is 62.2 Å². The zero-order valence-corrected chi connectivity index (χ0v) is 20.5. The van der Waals surface area contributed by atoms with E-state index in [1.807, 2.05) is 6.92 Å². The van der Waals surface area contributed by atoms with Crippen LogP contribution in [0.5, 0.6) is 0 Å². The highest BCUT2D eigenvalue weighted by Crippen LogP contribution is 2.26. The summed E-state index contributed by atoms with van der Waals surface area (Å²) < 4.78 is 7.25. The predicted octanol–water partition coefficient (Wildman–Crippen LogP) is 2.54. The molecule has 3 rings (SSSR count). The summed E-state index contributed by atoms with van der Waals surface area (Å²) in [7, 11) is 1.56.